The molecule has 6 heteroatoms. The molecule has 0 spiro atoms. The number of benzene rings is 1. The molecular formula is C14H22N2O3S. The number of hydrogen-bond donors (Lipinski definition) is 1. The van der Waals surface area contributed by atoms with Gasteiger partial charge in [0.1, 0.15) is 0 Å². The van der Waals surface area contributed by atoms with Crippen molar-refractivity contribution in [3.8, 4) is 0 Å². The maximum Gasteiger partial charge on any atom is 0.251 e. The molecule has 112 valence electrons. The van der Waals surface area contributed by atoms with Crippen molar-refractivity contribution in [3.63, 3.8) is 0 Å². The Balaban J connectivity index is 2.79. The average Bonchev–Trinajstić information content (AvgIpc) is 2.37. The van der Waals surface area contributed by atoms with Crippen molar-refractivity contribution in [2.75, 3.05) is 17.6 Å². The predicted molar refractivity (Wildman–Crippen MR) is 81.5 cm³/mol. The molecule has 20 heavy (non-hydrogen) atoms. The molecule has 1 amide bonds. The highest BCUT2D eigenvalue weighted by atomic mass is 32.2. The van der Waals surface area contributed by atoms with Crippen LogP contribution in [0.25, 0.3) is 0 Å². The Morgan fingerprint density at radius 3 is 2.30 bits per heavy atom. The maximum absolute atomic E-state index is 12.0. The van der Waals surface area contributed by atoms with E-state index in [9.17, 15) is 13.2 Å². The van der Waals surface area contributed by atoms with E-state index in [1.54, 1.807) is 24.3 Å². The van der Waals surface area contributed by atoms with Gasteiger partial charge in [0.15, 0.2) is 0 Å². The van der Waals surface area contributed by atoms with Crippen LogP contribution in [-0.4, -0.2) is 33.7 Å². The smallest absolute Gasteiger partial charge is 0.251 e. The van der Waals surface area contributed by atoms with Crippen LogP contribution in [0.1, 0.15) is 37.0 Å². The number of carbonyl (C=O) groups excluding carboxylic acids is 1. The van der Waals surface area contributed by atoms with Crippen molar-refractivity contribution in [3.05, 3.63) is 29.8 Å². The Bertz CT molecular complexity index is 552. The number of nitrogens with zero attached hydrogens (tertiary/aromatic N) is 1. The monoisotopic (exact) mass is 298 g/mol. The SMILES string of the molecule is CCC[C@@H](C)NC(=O)c1ccc(N(C)S(C)(=O)=O)cc1. The molecule has 1 N–H and O–H groups in total. The minimum atomic E-state index is -3.28. The molecule has 0 radical (unpaired) electrons. The Labute approximate surface area is 121 Å². The summed E-state index contributed by atoms with van der Waals surface area (Å²) in [5.74, 6) is -0.139. The third-order valence-corrected chi connectivity index (χ3v) is 4.30. The highest BCUT2D eigenvalue weighted by molar-refractivity contribution is 7.92. The number of carbonyl (C=O) groups is 1. The predicted octanol–water partition coefficient (Wildman–Crippen LogP) is 2.00. The van der Waals surface area contributed by atoms with Gasteiger partial charge in [-0.2, -0.15) is 0 Å². The van der Waals surface area contributed by atoms with Gasteiger partial charge >= 0.3 is 0 Å². The van der Waals surface area contributed by atoms with Crippen molar-refractivity contribution in [1.29, 1.82) is 0 Å². The van der Waals surface area contributed by atoms with Crippen LogP contribution < -0.4 is 9.62 Å². The van der Waals surface area contributed by atoms with E-state index < -0.39 is 10.0 Å². The molecule has 0 unspecified atom stereocenters. The van der Waals surface area contributed by atoms with Gasteiger partial charge in [0.25, 0.3) is 5.91 Å². The number of rotatable bonds is 6. The fourth-order valence-electron chi connectivity index (χ4n) is 1.83. The lowest BCUT2D eigenvalue weighted by Crippen LogP contribution is -2.32. The van der Waals surface area contributed by atoms with Crippen LogP contribution in [-0.2, 0) is 10.0 Å². The molecule has 0 aliphatic rings. The minimum Gasteiger partial charge on any atom is -0.350 e. The number of anilines is 1. The Morgan fingerprint density at radius 2 is 1.85 bits per heavy atom. The van der Waals surface area contributed by atoms with E-state index in [2.05, 4.69) is 12.2 Å². The first-order valence-electron chi connectivity index (χ1n) is 6.60. The third-order valence-electron chi connectivity index (χ3n) is 3.09. The lowest BCUT2D eigenvalue weighted by Gasteiger charge is -2.17. The van der Waals surface area contributed by atoms with Crippen LogP contribution >= 0.6 is 0 Å². The van der Waals surface area contributed by atoms with E-state index in [0.717, 1.165) is 19.1 Å². The molecule has 0 saturated carbocycles. The molecule has 0 fully saturated rings. The summed E-state index contributed by atoms with van der Waals surface area (Å²) in [6.45, 7) is 4.03. The molecule has 0 heterocycles. The van der Waals surface area contributed by atoms with Gasteiger partial charge in [-0.25, -0.2) is 8.42 Å². The first-order valence-corrected chi connectivity index (χ1v) is 8.45. The van der Waals surface area contributed by atoms with Gasteiger partial charge < -0.3 is 5.32 Å². The summed E-state index contributed by atoms with van der Waals surface area (Å²) >= 11 is 0. The molecule has 1 atom stereocenters. The van der Waals surface area contributed by atoms with Crippen LogP contribution in [0, 0.1) is 0 Å². The lowest BCUT2D eigenvalue weighted by molar-refractivity contribution is 0.0938. The second-order valence-corrected chi connectivity index (χ2v) is 6.95. The Hall–Kier alpha value is -1.56. The first-order chi connectivity index (χ1) is 9.25. The standard InChI is InChI=1S/C14H22N2O3S/c1-5-6-11(2)15-14(17)12-7-9-13(10-8-12)16(3)20(4,18)19/h7-11H,5-6H2,1-4H3,(H,15,17)/t11-/m1/s1. The molecule has 1 aromatic rings. The van der Waals surface area contributed by atoms with E-state index in [1.165, 1.54) is 11.4 Å². The summed E-state index contributed by atoms with van der Waals surface area (Å²) in [5, 5.41) is 2.91. The van der Waals surface area contributed by atoms with Crippen LogP contribution in [0.3, 0.4) is 0 Å². The van der Waals surface area contributed by atoms with Gasteiger partial charge in [0, 0.05) is 18.7 Å². The van der Waals surface area contributed by atoms with Gasteiger partial charge in [0.2, 0.25) is 10.0 Å². The van der Waals surface area contributed by atoms with Crippen LogP contribution in [0.5, 0.6) is 0 Å². The van der Waals surface area contributed by atoms with Crippen molar-refractivity contribution < 1.29 is 13.2 Å². The maximum atomic E-state index is 12.0. The summed E-state index contributed by atoms with van der Waals surface area (Å²) in [5.41, 5.74) is 1.06. The molecule has 0 aliphatic heterocycles. The van der Waals surface area contributed by atoms with Crippen LogP contribution in [0.4, 0.5) is 5.69 Å². The zero-order chi connectivity index (χ0) is 15.3. The third kappa shape index (κ3) is 4.52. The zero-order valence-electron chi connectivity index (χ0n) is 12.4. The molecule has 0 saturated heterocycles. The molecule has 5 nitrogen and oxygen atoms in total. The van der Waals surface area contributed by atoms with E-state index in [1.807, 2.05) is 6.92 Å². The second kappa shape index (κ2) is 6.74. The quantitative estimate of drug-likeness (QED) is 0.873. The van der Waals surface area contributed by atoms with E-state index in [4.69, 9.17) is 0 Å². The lowest BCUT2D eigenvalue weighted by atomic mass is 10.1. The molecule has 0 bridgehead atoms. The highest BCUT2D eigenvalue weighted by Crippen LogP contribution is 2.16. The van der Waals surface area contributed by atoms with Crippen molar-refractivity contribution in [2.45, 2.75) is 32.7 Å². The first kappa shape index (κ1) is 16.5. The largest absolute Gasteiger partial charge is 0.350 e. The van der Waals surface area contributed by atoms with E-state index in [-0.39, 0.29) is 11.9 Å². The summed E-state index contributed by atoms with van der Waals surface area (Å²) in [7, 11) is -1.80. The van der Waals surface area contributed by atoms with Crippen LogP contribution in [0.15, 0.2) is 24.3 Å². The second-order valence-electron chi connectivity index (χ2n) is 4.94. The van der Waals surface area contributed by atoms with Gasteiger partial charge in [0.05, 0.1) is 11.9 Å². The summed E-state index contributed by atoms with van der Waals surface area (Å²) < 4.78 is 24.0. The normalized spacial score (nSPS) is 12.8. The molecule has 1 rings (SSSR count). The van der Waals surface area contributed by atoms with Gasteiger partial charge in [-0.05, 0) is 37.6 Å². The topological polar surface area (TPSA) is 66.5 Å². The Morgan fingerprint density at radius 1 is 1.30 bits per heavy atom. The van der Waals surface area contributed by atoms with Gasteiger partial charge in [-0.3, -0.25) is 9.10 Å². The van der Waals surface area contributed by atoms with E-state index in [0.29, 0.717) is 11.3 Å². The highest BCUT2D eigenvalue weighted by Gasteiger charge is 2.13. The number of hydrogen-bond acceptors (Lipinski definition) is 3. The fourth-order valence-corrected chi connectivity index (χ4v) is 2.33. The van der Waals surface area contributed by atoms with Crippen molar-refractivity contribution in [1.82, 2.24) is 5.32 Å². The molecule has 0 aromatic heterocycles. The number of sulfonamides is 1. The molecular weight excluding hydrogens is 276 g/mol. The summed E-state index contributed by atoms with van der Waals surface area (Å²) in [4.78, 5) is 12.0. The van der Waals surface area contributed by atoms with Crippen LogP contribution in [0.2, 0.25) is 0 Å². The number of nitrogens with one attached hydrogen (secondary N) is 1. The average molecular weight is 298 g/mol. The minimum absolute atomic E-state index is 0.130. The van der Waals surface area contributed by atoms with E-state index >= 15 is 0 Å². The van der Waals surface area contributed by atoms with Crippen molar-refractivity contribution in [2.24, 2.45) is 0 Å². The van der Waals surface area contributed by atoms with Gasteiger partial charge in [-0.15, -0.1) is 0 Å². The molecule has 1 aromatic carbocycles. The van der Waals surface area contributed by atoms with Crippen molar-refractivity contribution >= 4 is 21.6 Å². The number of amides is 1. The molecule has 0 aliphatic carbocycles. The zero-order valence-corrected chi connectivity index (χ0v) is 13.2. The summed E-state index contributed by atoms with van der Waals surface area (Å²) in [6, 6.07) is 6.64. The summed E-state index contributed by atoms with van der Waals surface area (Å²) in [6.07, 6.45) is 3.08. The van der Waals surface area contributed by atoms with Gasteiger partial charge in [-0.1, -0.05) is 13.3 Å². The Kier molecular flexibility index (Phi) is 5.56. The fraction of sp³-hybridized carbons (Fsp3) is 0.500.